The predicted molar refractivity (Wildman–Crippen MR) is 81.2 cm³/mol. The van der Waals surface area contributed by atoms with Gasteiger partial charge in [0.1, 0.15) is 5.69 Å². The monoisotopic (exact) mass is 365 g/mol. The van der Waals surface area contributed by atoms with Gasteiger partial charge in [0.05, 0.1) is 15.6 Å². The van der Waals surface area contributed by atoms with E-state index in [4.69, 9.17) is 23.2 Å². The van der Waals surface area contributed by atoms with Gasteiger partial charge in [-0.15, -0.1) is 0 Å². The van der Waals surface area contributed by atoms with Crippen molar-refractivity contribution in [1.82, 2.24) is 4.98 Å². The first kappa shape index (κ1) is 17.2. The van der Waals surface area contributed by atoms with E-state index < -0.39 is 29.0 Å². The van der Waals surface area contributed by atoms with Gasteiger partial charge in [0.2, 0.25) is 0 Å². The number of carbonyl (C=O) groups is 1. The Labute approximate surface area is 137 Å². The molecule has 0 spiro atoms. The number of halogens is 5. The number of nitrogens with one attached hydrogen (secondary N) is 3. The molecule has 0 aliphatic rings. The van der Waals surface area contributed by atoms with Gasteiger partial charge in [0.25, 0.3) is 5.56 Å². The van der Waals surface area contributed by atoms with Gasteiger partial charge in [0.15, 0.2) is 0 Å². The number of urea groups is 1. The zero-order valence-electron chi connectivity index (χ0n) is 11.1. The Hall–Kier alpha value is -2.19. The normalized spacial score (nSPS) is 11.2. The molecule has 0 fully saturated rings. The van der Waals surface area contributed by atoms with Crippen molar-refractivity contribution in [2.24, 2.45) is 0 Å². The summed E-state index contributed by atoms with van der Waals surface area (Å²) in [4.78, 5) is 25.1. The fourth-order valence-corrected chi connectivity index (χ4v) is 1.90. The minimum absolute atomic E-state index is 0.182. The maximum absolute atomic E-state index is 12.6. The lowest BCUT2D eigenvalue weighted by molar-refractivity contribution is -0.137. The lowest BCUT2D eigenvalue weighted by Crippen LogP contribution is -2.25. The highest BCUT2D eigenvalue weighted by atomic mass is 35.5. The SMILES string of the molecule is O=C(Nc1ccc(Cl)c(Cl)c1)Nc1cc(C(F)(F)F)c[nH]c1=O. The smallest absolute Gasteiger partial charge is 0.327 e. The highest BCUT2D eigenvalue weighted by Gasteiger charge is 2.31. The summed E-state index contributed by atoms with van der Waals surface area (Å²) in [5, 5.41) is 4.80. The number of aromatic nitrogens is 1. The summed E-state index contributed by atoms with van der Waals surface area (Å²) >= 11 is 11.5. The average molecular weight is 366 g/mol. The zero-order valence-corrected chi connectivity index (χ0v) is 12.6. The van der Waals surface area contributed by atoms with Crippen molar-refractivity contribution in [3.05, 3.63) is 56.4 Å². The molecule has 23 heavy (non-hydrogen) atoms. The van der Waals surface area contributed by atoms with E-state index in [1.54, 1.807) is 0 Å². The van der Waals surface area contributed by atoms with Crippen LogP contribution in [0, 0.1) is 0 Å². The molecule has 1 aromatic heterocycles. The number of anilines is 2. The maximum atomic E-state index is 12.6. The lowest BCUT2D eigenvalue weighted by Gasteiger charge is -2.10. The molecule has 0 unspecified atom stereocenters. The third-order valence-corrected chi connectivity index (χ3v) is 3.40. The van der Waals surface area contributed by atoms with Crippen LogP contribution in [0.25, 0.3) is 0 Å². The van der Waals surface area contributed by atoms with Gasteiger partial charge in [-0.1, -0.05) is 23.2 Å². The van der Waals surface area contributed by atoms with E-state index in [9.17, 15) is 22.8 Å². The van der Waals surface area contributed by atoms with Crippen molar-refractivity contribution in [2.75, 3.05) is 10.6 Å². The predicted octanol–water partition coefficient (Wildman–Crippen LogP) is 4.34. The minimum Gasteiger partial charge on any atom is -0.327 e. The molecule has 2 rings (SSSR count). The van der Waals surface area contributed by atoms with Crippen molar-refractivity contribution in [3.8, 4) is 0 Å². The zero-order chi connectivity index (χ0) is 17.2. The van der Waals surface area contributed by atoms with E-state index in [0.717, 1.165) is 0 Å². The number of pyridine rings is 1. The summed E-state index contributed by atoms with van der Waals surface area (Å²) in [7, 11) is 0. The molecule has 0 aliphatic carbocycles. The number of aromatic amines is 1. The number of H-pyrrole nitrogens is 1. The van der Waals surface area contributed by atoms with Crippen molar-refractivity contribution in [1.29, 1.82) is 0 Å². The molecule has 0 radical (unpaired) electrons. The Kier molecular flexibility index (Phi) is 4.86. The number of rotatable bonds is 2. The van der Waals surface area contributed by atoms with E-state index in [-0.39, 0.29) is 15.7 Å². The van der Waals surface area contributed by atoms with Gasteiger partial charge in [-0.05, 0) is 24.3 Å². The number of benzene rings is 1. The Balaban J connectivity index is 2.17. The van der Waals surface area contributed by atoms with Crippen LogP contribution in [-0.2, 0) is 6.18 Å². The van der Waals surface area contributed by atoms with Crippen molar-refractivity contribution < 1.29 is 18.0 Å². The fraction of sp³-hybridized carbons (Fsp3) is 0.0769. The molecule has 0 aliphatic heterocycles. The van der Waals surface area contributed by atoms with Crippen LogP contribution in [0.3, 0.4) is 0 Å². The highest BCUT2D eigenvalue weighted by molar-refractivity contribution is 6.42. The molecule has 0 atom stereocenters. The van der Waals surface area contributed by atoms with Crippen LogP contribution in [0.15, 0.2) is 35.3 Å². The molecule has 0 saturated heterocycles. The number of amides is 2. The molecule has 0 bridgehead atoms. The second-order valence-electron chi connectivity index (χ2n) is 4.34. The van der Waals surface area contributed by atoms with Gasteiger partial charge < -0.3 is 15.6 Å². The van der Waals surface area contributed by atoms with E-state index in [0.29, 0.717) is 12.3 Å². The van der Waals surface area contributed by atoms with Crippen LogP contribution < -0.4 is 16.2 Å². The first-order valence-corrected chi connectivity index (χ1v) is 6.75. The topological polar surface area (TPSA) is 74.0 Å². The molecule has 122 valence electrons. The largest absolute Gasteiger partial charge is 0.417 e. The number of carbonyl (C=O) groups excluding carboxylic acids is 1. The van der Waals surface area contributed by atoms with Gasteiger partial charge in [-0.25, -0.2) is 4.79 Å². The van der Waals surface area contributed by atoms with Crippen LogP contribution in [0.2, 0.25) is 10.0 Å². The third kappa shape index (κ3) is 4.40. The molecule has 0 saturated carbocycles. The first-order chi connectivity index (χ1) is 10.7. The number of alkyl halides is 3. The van der Waals surface area contributed by atoms with Crippen LogP contribution in [-0.4, -0.2) is 11.0 Å². The van der Waals surface area contributed by atoms with Gasteiger partial charge in [-0.2, -0.15) is 13.2 Å². The van der Waals surface area contributed by atoms with E-state index in [1.165, 1.54) is 18.2 Å². The van der Waals surface area contributed by atoms with Crippen LogP contribution >= 0.6 is 23.2 Å². The molecule has 10 heteroatoms. The molecule has 3 N–H and O–H groups in total. The van der Waals surface area contributed by atoms with Crippen LogP contribution in [0.1, 0.15) is 5.56 Å². The molecule has 2 amide bonds. The van der Waals surface area contributed by atoms with Gasteiger partial charge in [-0.3, -0.25) is 4.79 Å². The summed E-state index contributed by atoms with van der Waals surface area (Å²) < 4.78 is 37.8. The summed E-state index contributed by atoms with van der Waals surface area (Å²) in [6.45, 7) is 0. The van der Waals surface area contributed by atoms with Gasteiger partial charge in [0, 0.05) is 11.9 Å². The Morgan fingerprint density at radius 2 is 1.78 bits per heavy atom. The maximum Gasteiger partial charge on any atom is 0.417 e. The number of hydrogen-bond donors (Lipinski definition) is 3. The van der Waals surface area contributed by atoms with E-state index in [1.807, 2.05) is 10.3 Å². The summed E-state index contributed by atoms with van der Waals surface area (Å²) in [6, 6.07) is 3.83. The molecular formula is C13H8Cl2F3N3O2. The standard InChI is InChI=1S/C13H8Cl2F3N3O2/c14-8-2-1-7(4-9(8)15)20-12(23)21-10-3-6(13(16,17)18)5-19-11(10)22/h1-5H,(H,19,22)(H2,20,21,23). The Morgan fingerprint density at radius 3 is 2.39 bits per heavy atom. The van der Waals surface area contributed by atoms with Crippen LogP contribution in [0.5, 0.6) is 0 Å². The molecule has 5 nitrogen and oxygen atoms in total. The Bertz CT molecular complexity index is 806. The minimum atomic E-state index is -4.65. The number of hydrogen-bond acceptors (Lipinski definition) is 2. The lowest BCUT2D eigenvalue weighted by atomic mass is 10.2. The Morgan fingerprint density at radius 1 is 1.09 bits per heavy atom. The summed E-state index contributed by atoms with van der Waals surface area (Å²) in [5.74, 6) is 0. The second-order valence-corrected chi connectivity index (χ2v) is 5.15. The quantitative estimate of drug-likeness (QED) is 0.740. The molecule has 1 aromatic carbocycles. The fourth-order valence-electron chi connectivity index (χ4n) is 1.60. The van der Waals surface area contributed by atoms with Crippen molar-refractivity contribution >= 4 is 40.6 Å². The van der Waals surface area contributed by atoms with E-state index in [2.05, 4.69) is 5.32 Å². The van der Waals surface area contributed by atoms with E-state index >= 15 is 0 Å². The molecule has 2 aromatic rings. The second kappa shape index (κ2) is 6.51. The van der Waals surface area contributed by atoms with Gasteiger partial charge >= 0.3 is 12.2 Å². The highest BCUT2D eigenvalue weighted by Crippen LogP contribution is 2.29. The summed E-state index contributed by atoms with van der Waals surface area (Å²) in [6.07, 6.45) is -4.13. The van der Waals surface area contributed by atoms with Crippen LogP contribution in [0.4, 0.5) is 29.3 Å². The molecular weight excluding hydrogens is 358 g/mol. The average Bonchev–Trinajstić information content (AvgIpc) is 2.44. The third-order valence-electron chi connectivity index (χ3n) is 2.66. The molecule has 1 heterocycles. The van der Waals surface area contributed by atoms with Crippen molar-refractivity contribution in [3.63, 3.8) is 0 Å². The first-order valence-electron chi connectivity index (χ1n) is 6.00. The summed E-state index contributed by atoms with van der Waals surface area (Å²) in [5.41, 5.74) is -2.26. The van der Waals surface area contributed by atoms with Crippen molar-refractivity contribution in [2.45, 2.75) is 6.18 Å².